The van der Waals surface area contributed by atoms with E-state index in [1.165, 1.54) is 0 Å². The van der Waals surface area contributed by atoms with Gasteiger partial charge in [0.05, 0.1) is 0 Å². The van der Waals surface area contributed by atoms with Crippen LogP contribution < -0.4 is 10.5 Å². The van der Waals surface area contributed by atoms with E-state index in [1.807, 2.05) is 24.3 Å². The number of benzene rings is 2. The summed E-state index contributed by atoms with van der Waals surface area (Å²) in [6, 6.07) is 12.9. The summed E-state index contributed by atoms with van der Waals surface area (Å²) in [6.07, 6.45) is 0. The molecule has 0 bridgehead atoms. The van der Waals surface area contributed by atoms with Crippen molar-refractivity contribution in [3.8, 4) is 5.75 Å². The van der Waals surface area contributed by atoms with Crippen LogP contribution in [-0.4, -0.2) is 0 Å². The number of aryl methyl sites for hydroxylation is 1. The van der Waals surface area contributed by atoms with Gasteiger partial charge < -0.3 is 10.5 Å². The molecule has 0 aliphatic heterocycles. The van der Waals surface area contributed by atoms with E-state index >= 15 is 0 Å². The van der Waals surface area contributed by atoms with Gasteiger partial charge in [0.25, 0.3) is 0 Å². The van der Waals surface area contributed by atoms with E-state index in [0.29, 0.717) is 18.7 Å². The Balaban J connectivity index is 2.09. The number of hydrogen-bond donors (Lipinski definition) is 1. The van der Waals surface area contributed by atoms with Crippen LogP contribution >= 0.6 is 0 Å². The Labute approximate surface area is 106 Å². The molecule has 0 unspecified atom stereocenters. The monoisotopic (exact) mass is 245 g/mol. The highest BCUT2D eigenvalue weighted by Crippen LogP contribution is 2.20. The maximum atomic E-state index is 13.7. The first-order valence-electron chi connectivity index (χ1n) is 5.86. The van der Waals surface area contributed by atoms with Gasteiger partial charge in [-0.15, -0.1) is 0 Å². The zero-order chi connectivity index (χ0) is 13.0. The van der Waals surface area contributed by atoms with E-state index in [0.717, 1.165) is 11.1 Å². The normalized spacial score (nSPS) is 10.4. The van der Waals surface area contributed by atoms with Crippen molar-refractivity contribution in [1.29, 1.82) is 0 Å². The summed E-state index contributed by atoms with van der Waals surface area (Å²) in [4.78, 5) is 0. The van der Waals surface area contributed by atoms with Crippen molar-refractivity contribution in [2.45, 2.75) is 20.1 Å². The molecule has 94 valence electrons. The highest BCUT2D eigenvalue weighted by molar-refractivity contribution is 5.31. The molecule has 2 N–H and O–H groups in total. The van der Waals surface area contributed by atoms with Crippen LogP contribution in [0.4, 0.5) is 4.39 Å². The summed E-state index contributed by atoms with van der Waals surface area (Å²) in [6.45, 7) is 2.55. The number of ether oxygens (including phenoxy) is 1. The first kappa shape index (κ1) is 12.6. The van der Waals surface area contributed by atoms with Gasteiger partial charge in [0, 0.05) is 6.54 Å². The summed E-state index contributed by atoms with van der Waals surface area (Å²) in [5.74, 6) is -0.0133. The van der Waals surface area contributed by atoms with Gasteiger partial charge in [-0.2, -0.15) is 0 Å². The van der Waals surface area contributed by atoms with Crippen LogP contribution in [0.2, 0.25) is 0 Å². The zero-order valence-electron chi connectivity index (χ0n) is 10.3. The van der Waals surface area contributed by atoms with Crippen LogP contribution in [0.3, 0.4) is 0 Å². The van der Waals surface area contributed by atoms with Gasteiger partial charge in [-0.3, -0.25) is 0 Å². The lowest BCUT2D eigenvalue weighted by Crippen LogP contribution is -2.01. The van der Waals surface area contributed by atoms with E-state index in [2.05, 4.69) is 0 Å². The quantitative estimate of drug-likeness (QED) is 0.898. The van der Waals surface area contributed by atoms with Crippen LogP contribution in [0.1, 0.15) is 16.7 Å². The van der Waals surface area contributed by atoms with Crippen LogP contribution in [0.15, 0.2) is 42.5 Å². The van der Waals surface area contributed by atoms with Crippen molar-refractivity contribution >= 4 is 0 Å². The number of halogens is 1. The minimum Gasteiger partial charge on any atom is -0.486 e. The molecule has 0 aliphatic carbocycles. The van der Waals surface area contributed by atoms with Crippen molar-refractivity contribution in [2.24, 2.45) is 5.73 Å². The molecule has 0 saturated carbocycles. The van der Waals surface area contributed by atoms with Gasteiger partial charge >= 0.3 is 0 Å². The summed E-state index contributed by atoms with van der Waals surface area (Å²) in [7, 11) is 0. The van der Waals surface area contributed by atoms with Crippen molar-refractivity contribution < 1.29 is 9.13 Å². The average Bonchev–Trinajstić information content (AvgIpc) is 2.41. The van der Waals surface area contributed by atoms with Crippen LogP contribution in [-0.2, 0) is 13.2 Å². The van der Waals surface area contributed by atoms with Gasteiger partial charge in [0.15, 0.2) is 11.6 Å². The largest absolute Gasteiger partial charge is 0.486 e. The van der Waals surface area contributed by atoms with E-state index in [9.17, 15) is 4.39 Å². The molecular weight excluding hydrogens is 229 g/mol. The molecule has 2 aromatic carbocycles. The van der Waals surface area contributed by atoms with Gasteiger partial charge in [-0.05, 0) is 29.7 Å². The third-order valence-electron chi connectivity index (χ3n) is 2.78. The Kier molecular flexibility index (Phi) is 3.95. The Hall–Kier alpha value is -1.87. The minimum atomic E-state index is -0.299. The summed E-state index contributed by atoms with van der Waals surface area (Å²) >= 11 is 0. The van der Waals surface area contributed by atoms with Gasteiger partial charge in [-0.25, -0.2) is 4.39 Å². The Morgan fingerprint density at radius 3 is 2.61 bits per heavy atom. The number of rotatable bonds is 4. The Morgan fingerprint density at radius 2 is 1.83 bits per heavy atom. The first-order valence-corrected chi connectivity index (χ1v) is 5.86. The second kappa shape index (κ2) is 5.65. The fraction of sp³-hybridized carbons (Fsp3) is 0.200. The lowest BCUT2D eigenvalue weighted by molar-refractivity contribution is 0.289. The third kappa shape index (κ3) is 2.87. The summed E-state index contributed by atoms with van der Waals surface area (Å²) in [5, 5.41) is 0. The molecule has 2 nitrogen and oxygen atoms in total. The molecule has 18 heavy (non-hydrogen) atoms. The molecule has 0 amide bonds. The lowest BCUT2D eigenvalue weighted by Gasteiger charge is -2.09. The minimum absolute atomic E-state index is 0.285. The molecule has 0 spiro atoms. The first-order chi connectivity index (χ1) is 8.70. The predicted octanol–water partition coefficient (Wildman–Crippen LogP) is 3.17. The maximum Gasteiger partial charge on any atom is 0.167 e. The molecule has 2 aromatic rings. The molecular formula is C15H16FNO. The van der Waals surface area contributed by atoms with Crippen molar-refractivity contribution in [2.75, 3.05) is 0 Å². The molecule has 0 radical (unpaired) electrons. The second-order valence-corrected chi connectivity index (χ2v) is 4.20. The topological polar surface area (TPSA) is 35.2 Å². The smallest absolute Gasteiger partial charge is 0.167 e. The second-order valence-electron chi connectivity index (χ2n) is 4.20. The standard InChI is InChI=1S/C15H16FNO/c1-11-4-2-7-14(15(11)16)18-10-13-6-3-5-12(8-13)9-17/h2-8H,9-10,17H2,1H3. The Bertz CT molecular complexity index is 540. The van der Waals surface area contributed by atoms with E-state index in [1.54, 1.807) is 25.1 Å². The third-order valence-corrected chi connectivity index (χ3v) is 2.78. The predicted molar refractivity (Wildman–Crippen MR) is 69.8 cm³/mol. The molecule has 2 rings (SSSR count). The van der Waals surface area contributed by atoms with Crippen LogP contribution in [0.5, 0.6) is 5.75 Å². The molecule has 0 aromatic heterocycles. The van der Waals surface area contributed by atoms with Crippen molar-refractivity contribution in [3.05, 3.63) is 65.0 Å². The highest BCUT2D eigenvalue weighted by atomic mass is 19.1. The molecule has 0 fully saturated rings. The van der Waals surface area contributed by atoms with Crippen LogP contribution in [0, 0.1) is 12.7 Å². The molecule has 3 heteroatoms. The van der Waals surface area contributed by atoms with E-state index in [4.69, 9.17) is 10.5 Å². The van der Waals surface area contributed by atoms with Crippen molar-refractivity contribution in [3.63, 3.8) is 0 Å². The molecule has 0 saturated heterocycles. The van der Waals surface area contributed by atoms with Crippen molar-refractivity contribution in [1.82, 2.24) is 0 Å². The van der Waals surface area contributed by atoms with Crippen LogP contribution in [0.25, 0.3) is 0 Å². The number of hydrogen-bond acceptors (Lipinski definition) is 2. The van der Waals surface area contributed by atoms with E-state index in [-0.39, 0.29) is 11.6 Å². The Morgan fingerprint density at radius 1 is 1.11 bits per heavy atom. The molecule has 0 heterocycles. The van der Waals surface area contributed by atoms with Gasteiger partial charge in [0.1, 0.15) is 6.61 Å². The maximum absolute atomic E-state index is 13.7. The van der Waals surface area contributed by atoms with E-state index < -0.39 is 0 Å². The number of nitrogens with two attached hydrogens (primary N) is 1. The zero-order valence-corrected chi connectivity index (χ0v) is 10.3. The molecule has 0 aliphatic rings. The fourth-order valence-corrected chi connectivity index (χ4v) is 1.74. The summed E-state index contributed by atoms with van der Waals surface area (Å²) < 4.78 is 19.2. The molecule has 0 atom stereocenters. The van der Waals surface area contributed by atoms with Gasteiger partial charge in [-0.1, -0.05) is 36.4 Å². The van der Waals surface area contributed by atoms with Gasteiger partial charge in [0.2, 0.25) is 0 Å². The fourth-order valence-electron chi connectivity index (χ4n) is 1.74. The highest BCUT2D eigenvalue weighted by Gasteiger charge is 2.05. The summed E-state index contributed by atoms with van der Waals surface area (Å²) in [5.41, 5.74) is 8.18. The SMILES string of the molecule is Cc1cccc(OCc2cccc(CN)c2)c1F. The lowest BCUT2D eigenvalue weighted by atomic mass is 10.1. The average molecular weight is 245 g/mol.